The van der Waals surface area contributed by atoms with Crippen LogP contribution in [0, 0.1) is 0 Å². The first-order valence-corrected chi connectivity index (χ1v) is 6.70. The molecule has 0 spiro atoms. The number of hydrogen-bond acceptors (Lipinski definition) is 3. The summed E-state index contributed by atoms with van der Waals surface area (Å²) in [5.41, 5.74) is 0.447. The normalized spacial score (nSPS) is 22.6. The highest BCUT2D eigenvalue weighted by Gasteiger charge is 2.40. The van der Waals surface area contributed by atoms with E-state index in [0.29, 0.717) is 5.02 Å². The van der Waals surface area contributed by atoms with Gasteiger partial charge in [-0.05, 0) is 29.7 Å². The summed E-state index contributed by atoms with van der Waals surface area (Å²) in [4.78, 5) is 27.0. The van der Waals surface area contributed by atoms with Gasteiger partial charge in [-0.15, -0.1) is 0 Å². The predicted octanol–water partition coefficient (Wildman–Crippen LogP) is 2.41. The van der Waals surface area contributed by atoms with E-state index < -0.39 is 0 Å². The number of hydrogen-bond donors (Lipinski definition) is 0. The maximum atomic E-state index is 12.0. The van der Waals surface area contributed by atoms with Crippen molar-refractivity contribution in [2.45, 2.75) is 11.9 Å². The molecule has 1 unspecified atom stereocenters. The number of amides is 2. The van der Waals surface area contributed by atoms with Crippen LogP contribution in [0.4, 0.5) is 5.69 Å². The van der Waals surface area contributed by atoms with Crippen LogP contribution < -0.4 is 4.90 Å². The Labute approximate surface area is 113 Å². The van der Waals surface area contributed by atoms with Crippen LogP contribution in [0.2, 0.25) is 5.02 Å². The highest BCUT2D eigenvalue weighted by molar-refractivity contribution is 8.03. The third-order valence-corrected chi connectivity index (χ3v) is 4.06. The Kier molecular flexibility index (Phi) is 2.80. The van der Waals surface area contributed by atoms with Crippen LogP contribution in [0.1, 0.15) is 6.42 Å². The SMILES string of the molecule is O=C1CC(=O)N(c2ccc(Cl)cc2)C2SC=CN12. The Hall–Kier alpha value is -1.46. The van der Waals surface area contributed by atoms with E-state index in [-0.39, 0.29) is 23.7 Å². The average molecular weight is 281 g/mol. The summed E-state index contributed by atoms with van der Waals surface area (Å²) in [6, 6.07) is 7.04. The van der Waals surface area contributed by atoms with Crippen molar-refractivity contribution in [1.29, 1.82) is 0 Å². The molecule has 6 heteroatoms. The number of halogens is 1. The molecule has 0 N–H and O–H groups in total. The summed E-state index contributed by atoms with van der Waals surface area (Å²) in [5, 5.41) is 2.44. The molecule has 92 valence electrons. The molecule has 0 radical (unpaired) electrons. The van der Waals surface area contributed by atoms with Gasteiger partial charge < -0.3 is 0 Å². The molecule has 3 rings (SSSR count). The zero-order valence-corrected chi connectivity index (χ0v) is 10.8. The largest absolute Gasteiger partial charge is 0.287 e. The molecular weight excluding hydrogens is 272 g/mol. The Balaban J connectivity index is 1.97. The van der Waals surface area contributed by atoms with Gasteiger partial charge in [0.2, 0.25) is 11.8 Å². The number of anilines is 1. The van der Waals surface area contributed by atoms with Crippen molar-refractivity contribution in [3.05, 3.63) is 40.9 Å². The first-order chi connectivity index (χ1) is 8.66. The number of thioether (sulfide) groups is 1. The molecular formula is C12H9ClN2O2S. The fourth-order valence-corrected chi connectivity index (χ4v) is 3.15. The van der Waals surface area contributed by atoms with Crippen LogP contribution in [-0.2, 0) is 9.59 Å². The van der Waals surface area contributed by atoms with Crippen LogP contribution in [-0.4, -0.2) is 22.2 Å². The highest BCUT2D eigenvalue weighted by Crippen LogP contribution is 2.36. The van der Waals surface area contributed by atoms with Crippen LogP contribution in [0.15, 0.2) is 35.9 Å². The van der Waals surface area contributed by atoms with E-state index in [4.69, 9.17) is 11.6 Å². The summed E-state index contributed by atoms with van der Waals surface area (Å²) in [6.45, 7) is 0. The fraction of sp³-hybridized carbons (Fsp3) is 0.167. The Morgan fingerprint density at radius 2 is 1.89 bits per heavy atom. The van der Waals surface area contributed by atoms with Crippen molar-refractivity contribution in [2.75, 3.05) is 4.90 Å². The minimum Gasteiger partial charge on any atom is -0.287 e. The second kappa shape index (κ2) is 4.33. The second-order valence-electron chi connectivity index (χ2n) is 3.97. The first kappa shape index (κ1) is 11.6. The highest BCUT2D eigenvalue weighted by atomic mass is 35.5. The van der Waals surface area contributed by atoms with Crippen molar-refractivity contribution < 1.29 is 9.59 Å². The molecule has 18 heavy (non-hydrogen) atoms. The summed E-state index contributed by atoms with van der Waals surface area (Å²) in [6.07, 6.45) is 1.62. The lowest BCUT2D eigenvalue weighted by Crippen LogP contribution is -2.54. The van der Waals surface area contributed by atoms with Gasteiger partial charge in [0.15, 0.2) is 5.50 Å². The lowest BCUT2D eigenvalue weighted by atomic mass is 10.2. The standard InChI is InChI=1S/C12H9ClN2O2S/c13-8-1-3-9(4-2-8)15-11(17)7-10(16)14-5-6-18-12(14)15/h1-6,12H,7H2. The third-order valence-electron chi connectivity index (χ3n) is 2.84. The molecule has 1 atom stereocenters. The molecule has 2 aliphatic heterocycles. The van der Waals surface area contributed by atoms with Gasteiger partial charge in [-0.25, -0.2) is 0 Å². The van der Waals surface area contributed by atoms with Gasteiger partial charge >= 0.3 is 0 Å². The zero-order chi connectivity index (χ0) is 12.7. The lowest BCUT2D eigenvalue weighted by molar-refractivity contribution is -0.137. The van der Waals surface area contributed by atoms with Gasteiger partial charge in [0.25, 0.3) is 0 Å². The number of benzene rings is 1. The van der Waals surface area contributed by atoms with Crippen LogP contribution >= 0.6 is 23.4 Å². The minimum atomic E-state index is -0.306. The fourth-order valence-electron chi connectivity index (χ4n) is 2.00. The summed E-state index contributed by atoms with van der Waals surface area (Å²) in [7, 11) is 0. The number of fused-ring (bicyclic) bond motifs is 1. The van der Waals surface area contributed by atoms with E-state index in [2.05, 4.69) is 0 Å². The molecule has 2 heterocycles. The molecule has 0 aliphatic carbocycles. The van der Waals surface area contributed by atoms with Crippen molar-refractivity contribution >= 4 is 40.9 Å². The smallest absolute Gasteiger partial charge is 0.238 e. The molecule has 2 aliphatic rings. The molecule has 0 aromatic heterocycles. The van der Waals surface area contributed by atoms with E-state index in [0.717, 1.165) is 5.69 Å². The third kappa shape index (κ3) is 1.79. The molecule has 0 saturated carbocycles. The van der Waals surface area contributed by atoms with Crippen molar-refractivity contribution in [2.24, 2.45) is 0 Å². The van der Waals surface area contributed by atoms with Gasteiger partial charge in [-0.2, -0.15) is 0 Å². The van der Waals surface area contributed by atoms with Crippen molar-refractivity contribution in [3.63, 3.8) is 0 Å². The van der Waals surface area contributed by atoms with Crippen LogP contribution in [0.3, 0.4) is 0 Å². The minimum absolute atomic E-state index is 0.0932. The zero-order valence-electron chi connectivity index (χ0n) is 9.25. The average Bonchev–Trinajstić information content (AvgIpc) is 2.81. The second-order valence-corrected chi connectivity index (χ2v) is 5.37. The molecule has 0 bridgehead atoms. The summed E-state index contributed by atoms with van der Waals surface area (Å²) >= 11 is 7.27. The van der Waals surface area contributed by atoms with E-state index in [1.165, 1.54) is 11.8 Å². The van der Waals surface area contributed by atoms with Gasteiger partial charge in [0.1, 0.15) is 6.42 Å². The van der Waals surface area contributed by atoms with Crippen LogP contribution in [0.5, 0.6) is 0 Å². The maximum Gasteiger partial charge on any atom is 0.238 e. The lowest BCUT2D eigenvalue weighted by Gasteiger charge is -2.38. The topological polar surface area (TPSA) is 40.6 Å². The molecule has 4 nitrogen and oxygen atoms in total. The number of carbonyl (C=O) groups is 2. The molecule has 1 fully saturated rings. The predicted molar refractivity (Wildman–Crippen MR) is 70.9 cm³/mol. The Morgan fingerprint density at radius 3 is 2.61 bits per heavy atom. The Bertz CT molecular complexity index is 544. The van der Waals surface area contributed by atoms with Gasteiger partial charge in [-0.1, -0.05) is 23.4 Å². The molecule has 1 saturated heterocycles. The number of rotatable bonds is 1. The maximum absolute atomic E-state index is 12.0. The van der Waals surface area contributed by atoms with E-state index in [1.54, 1.807) is 40.3 Å². The number of carbonyl (C=O) groups excluding carboxylic acids is 2. The summed E-state index contributed by atoms with van der Waals surface area (Å²) < 4.78 is 0. The first-order valence-electron chi connectivity index (χ1n) is 5.38. The van der Waals surface area contributed by atoms with E-state index in [9.17, 15) is 9.59 Å². The van der Waals surface area contributed by atoms with Gasteiger partial charge in [-0.3, -0.25) is 19.4 Å². The molecule has 2 amide bonds. The van der Waals surface area contributed by atoms with Gasteiger partial charge in [0.05, 0.1) is 0 Å². The Morgan fingerprint density at radius 1 is 1.17 bits per heavy atom. The molecule has 1 aromatic rings. The van der Waals surface area contributed by atoms with Crippen molar-refractivity contribution in [1.82, 2.24) is 4.90 Å². The molecule has 1 aromatic carbocycles. The van der Waals surface area contributed by atoms with E-state index >= 15 is 0 Å². The van der Waals surface area contributed by atoms with Crippen molar-refractivity contribution in [3.8, 4) is 0 Å². The number of nitrogens with zero attached hydrogens (tertiary/aromatic N) is 2. The van der Waals surface area contributed by atoms with Crippen LogP contribution in [0.25, 0.3) is 0 Å². The summed E-state index contributed by atoms with van der Waals surface area (Å²) in [5.74, 6) is -0.337. The monoisotopic (exact) mass is 280 g/mol. The van der Waals surface area contributed by atoms with Gasteiger partial charge in [0, 0.05) is 16.9 Å². The van der Waals surface area contributed by atoms with E-state index in [1.807, 2.05) is 5.41 Å². The quantitative estimate of drug-likeness (QED) is 0.742.